The van der Waals surface area contributed by atoms with E-state index >= 15 is 0 Å². The van der Waals surface area contributed by atoms with Gasteiger partial charge in [-0.2, -0.15) is 5.10 Å². The number of amides is 2. The van der Waals surface area contributed by atoms with Crippen molar-refractivity contribution in [2.24, 2.45) is 0 Å². The van der Waals surface area contributed by atoms with Crippen LogP contribution < -0.4 is 4.90 Å². The van der Waals surface area contributed by atoms with E-state index in [-0.39, 0.29) is 23.6 Å². The first-order chi connectivity index (χ1) is 19.5. The average Bonchev–Trinajstić information content (AvgIpc) is 3.37. The SMILES string of the molecule is CC(C)(C)OC(=O)N1CCC(c2c(C(=O)N3CCN(c4cccc(Cl)c4)CC3)cnn2-c2ccc(F)cc2F)CC1. The summed E-state index contributed by atoms with van der Waals surface area (Å²) in [6, 6.07) is 10.9. The first-order valence-corrected chi connectivity index (χ1v) is 14.2. The predicted octanol–water partition coefficient (Wildman–Crippen LogP) is 5.88. The van der Waals surface area contributed by atoms with Gasteiger partial charge in [0.25, 0.3) is 5.91 Å². The molecule has 0 saturated carbocycles. The minimum atomic E-state index is -0.769. The molecule has 5 rings (SSSR count). The second-order valence-electron chi connectivity index (χ2n) is 11.5. The van der Waals surface area contributed by atoms with Gasteiger partial charge < -0.3 is 19.4 Å². The molecule has 218 valence electrons. The first-order valence-electron chi connectivity index (χ1n) is 13.8. The highest BCUT2D eigenvalue weighted by molar-refractivity contribution is 6.30. The molecular weight excluding hydrogens is 552 g/mol. The Morgan fingerprint density at radius 3 is 2.29 bits per heavy atom. The molecule has 0 spiro atoms. The van der Waals surface area contributed by atoms with Crippen LogP contribution in [-0.4, -0.2) is 76.5 Å². The Morgan fingerprint density at radius 2 is 1.66 bits per heavy atom. The molecule has 0 atom stereocenters. The summed E-state index contributed by atoms with van der Waals surface area (Å²) in [6.07, 6.45) is 2.17. The van der Waals surface area contributed by atoms with Crippen molar-refractivity contribution in [2.45, 2.75) is 45.1 Å². The molecule has 8 nitrogen and oxygen atoms in total. The molecule has 0 radical (unpaired) electrons. The van der Waals surface area contributed by atoms with Gasteiger partial charge in [0.05, 0.1) is 17.5 Å². The second-order valence-corrected chi connectivity index (χ2v) is 11.9. The monoisotopic (exact) mass is 585 g/mol. The molecule has 0 aliphatic carbocycles. The van der Waals surface area contributed by atoms with Crippen molar-refractivity contribution in [2.75, 3.05) is 44.2 Å². The molecule has 3 aromatic rings. The van der Waals surface area contributed by atoms with Gasteiger partial charge in [0.15, 0.2) is 5.82 Å². The van der Waals surface area contributed by atoms with Gasteiger partial charge in [-0.1, -0.05) is 17.7 Å². The number of halogens is 3. The van der Waals surface area contributed by atoms with Crippen molar-refractivity contribution in [3.05, 3.63) is 76.6 Å². The molecule has 0 bridgehead atoms. The van der Waals surface area contributed by atoms with Crippen molar-refractivity contribution in [3.8, 4) is 5.69 Å². The summed E-state index contributed by atoms with van der Waals surface area (Å²) in [5.74, 6) is -1.82. The van der Waals surface area contributed by atoms with Crippen LogP contribution in [0.4, 0.5) is 19.3 Å². The standard InChI is InChI=1S/C30H34ClF2N5O3/c1-30(2,3)41-29(40)37-11-9-20(10-12-37)27-24(19-34-38(27)26-8-7-22(32)18-25(26)33)28(39)36-15-13-35(14-16-36)23-6-4-5-21(31)17-23/h4-8,17-20H,9-16H2,1-3H3. The number of nitrogens with zero attached hydrogens (tertiary/aromatic N) is 5. The summed E-state index contributed by atoms with van der Waals surface area (Å²) in [5.41, 5.74) is 1.42. The van der Waals surface area contributed by atoms with Crippen LogP contribution in [0.25, 0.3) is 5.69 Å². The number of benzene rings is 2. The number of rotatable bonds is 4. The number of piperazine rings is 1. The smallest absolute Gasteiger partial charge is 0.410 e. The number of likely N-dealkylation sites (tertiary alicyclic amines) is 1. The number of anilines is 1. The lowest BCUT2D eigenvalue weighted by Crippen LogP contribution is -2.49. The number of carbonyl (C=O) groups excluding carboxylic acids is 2. The normalized spacial score (nSPS) is 16.7. The van der Waals surface area contributed by atoms with E-state index in [1.807, 2.05) is 45.0 Å². The molecule has 41 heavy (non-hydrogen) atoms. The average molecular weight is 586 g/mol. The molecular formula is C30H34ClF2N5O3. The number of ether oxygens (including phenoxy) is 1. The largest absolute Gasteiger partial charge is 0.444 e. The van der Waals surface area contributed by atoms with Crippen molar-refractivity contribution in [3.63, 3.8) is 0 Å². The van der Waals surface area contributed by atoms with E-state index in [4.69, 9.17) is 16.3 Å². The molecule has 3 heterocycles. The topological polar surface area (TPSA) is 70.9 Å². The van der Waals surface area contributed by atoms with Gasteiger partial charge in [0.2, 0.25) is 0 Å². The van der Waals surface area contributed by atoms with E-state index in [1.165, 1.54) is 23.0 Å². The third kappa shape index (κ3) is 6.48. The number of hydrogen-bond donors (Lipinski definition) is 0. The maximum atomic E-state index is 14.9. The van der Waals surface area contributed by atoms with Gasteiger partial charge >= 0.3 is 6.09 Å². The molecule has 2 aliphatic rings. The maximum Gasteiger partial charge on any atom is 0.410 e. The Kier molecular flexibility index (Phi) is 8.22. The third-order valence-electron chi connectivity index (χ3n) is 7.45. The molecule has 11 heteroatoms. The van der Waals surface area contributed by atoms with Gasteiger partial charge in [0.1, 0.15) is 17.1 Å². The van der Waals surface area contributed by atoms with Crippen LogP contribution in [0.3, 0.4) is 0 Å². The van der Waals surface area contributed by atoms with Gasteiger partial charge in [-0.3, -0.25) is 4.79 Å². The van der Waals surface area contributed by atoms with Crippen LogP contribution in [0.2, 0.25) is 5.02 Å². The molecule has 2 fully saturated rings. The van der Waals surface area contributed by atoms with Crippen molar-refractivity contribution >= 4 is 29.3 Å². The molecule has 2 saturated heterocycles. The van der Waals surface area contributed by atoms with E-state index in [2.05, 4.69) is 10.00 Å². The highest BCUT2D eigenvalue weighted by Gasteiger charge is 2.34. The molecule has 0 N–H and O–H groups in total. The van der Waals surface area contributed by atoms with Gasteiger partial charge in [-0.15, -0.1) is 0 Å². The van der Waals surface area contributed by atoms with Gasteiger partial charge in [-0.05, 0) is 63.9 Å². The molecule has 2 aliphatic heterocycles. The summed E-state index contributed by atoms with van der Waals surface area (Å²) < 4.78 is 35.6. The van der Waals surface area contributed by atoms with Gasteiger partial charge in [0, 0.05) is 62.0 Å². The molecule has 1 aromatic heterocycles. The number of hydrogen-bond acceptors (Lipinski definition) is 5. The molecule has 0 unspecified atom stereocenters. The van der Waals surface area contributed by atoms with Crippen LogP contribution in [0.1, 0.15) is 55.6 Å². The molecule has 2 aromatic carbocycles. The lowest BCUT2D eigenvalue weighted by molar-refractivity contribution is 0.0203. The number of aromatic nitrogens is 2. The Bertz CT molecular complexity index is 1420. The van der Waals surface area contributed by atoms with Crippen LogP contribution in [0.5, 0.6) is 0 Å². The fourth-order valence-electron chi connectivity index (χ4n) is 5.43. The highest BCUT2D eigenvalue weighted by Crippen LogP contribution is 2.34. The quantitative estimate of drug-likeness (QED) is 0.382. The van der Waals surface area contributed by atoms with Crippen LogP contribution in [0.15, 0.2) is 48.7 Å². The summed E-state index contributed by atoms with van der Waals surface area (Å²) in [6.45, 7) is 8.56. The fraction of sp³-hybridized carbons (Fsp3) is 0.433. The van der Waals surface area contributed by atoms with Crippen molar-refractivity contribution in [1.82, 2.24) is 19.6 Å². The van der Waals surface area contributed by atoms with E-state index in [1.54, 1.807) is 9.80 Å². The van der Waals surface area contributed by atoms with Crippen molar-refractivity contribution in [1.29, 1.82) is 0 Å². The van der Waals surface area contributed by atoms with E-state index < -0.39 is 17.2 Å². The summed E-state index contributed by atoms with van der Waals surface area (Å²) in [4.78, 5) is 32.1. The van der Waals surface area contributed by atoms with Crippen molar-refractivity contribution < 1.29 is 23.1 Å². The Morgan fingerprint density at radius 1 is 0.951 bits per heavy atom. The minimum Gasteiger partial charge on any atom is -0.444 e. The second kappa shape index (κ2) is 11.7. The van der Waals surface area contributed by atoms with Crippen LogP contribution in [0, 0.1) is 11.6 Å². The molecule has 2 amide bonds. The predicted molar refractivity (Wildman–Crippen MR) is 153 cm³/mol. The van der Waals surface area contributed by atoms with Crippen LogP contribution in [-0.2, 0) is 4.74 Å². The summed E-state index contributed by atoms with van der Waals surface area (Å²) in [5, 5.41) is 5.08. The third-order valence-corrected chi connectivity index (χ3v) is 7.68. The fourth-order valence-corrected chi connectivity index (χ4v) is 5.62. The lowest BCUT2D eigenvalue weighted by Gasteiger charge is -2.37. The zero-order valence-corrected chi connectivity index (χ0v) is 24.2. The van der Waals surface area contributed by atoms with E-state index in [9.17, 15) is 18.4 Å². The summed E-state index contributed by atoms with van der Waals surface area (Å²) in [7, 11) is 0. The van der Waals surface area contributed by atoms with Gasteiger partial charge in [-0.25, -0.2) is 18.3 Å². The lowest BCUT2D eigenvalue weighted by atomic mass is 9.90. The zero-order valence-electron chi connectivity index (χ0n) is 23.4. The number of carbonyl (C=O) groups is 2. The Hall–Kier alpha value is -3.66. The Labute approximate surface area is 243 Å². The Balaban J connectivity index is 1.38. The first kappa shape index (κ1) is 28.9. The summed E-state index contributed by atoms with van der Waals surface area (Å²) >= 11 is 6.16. The highest BCUT2D eigenvalue weighted by atomic mass is 35.5. The number of piperidine rings is 1. The van der Waals surface area contributed by atoms with Crippen LogP contribution >= 0.6 is 11.6 Å². The minimum absolute atomic E-state index is 0.0702. The maximum absolute atomic E-state index is 14.9. The van der Waals surface area contributed by atoms with E-state index in [0.717, 1.165) is 11.8 Å². The zero-order chi connectivity index (χ0) is 29.3. The van der Waals surface area contributed by atoms with E-state index in [0.29, 0.717) is 68.4 Å².